The van der Waals surface area contributed by atoms with E-state index in [1.165, 1.54) is 25.3 Å². The molecule has 2 N–H and O–H groups in total. The van der Waals surface area contributed by atoms with Crippen molar-refractivity contribution in [3.63, 3.8) is 0 Å². The molecule has 0 fully saturated rings. The molecule has 0 radical (unpaired) electrons. The van der Waals surface area contributed by atoms with Gasteiger partial charge >= 0.3 is 5.97 Å². The highest BCUT2D eigenvalue weighted by Crippen LogP contribution is 2.22. The average molecular weight is 270 g/mol. The van der Waals surface area contributed by atoms with E-state index < -0.39 is 5.97 Å². The van der Waals surface area contributed by atoms with Crippen molar-refractivity contribution >= 4 is 23.3 Å². The summed E-state index contributed by atoms with van der Waals surface area (Å²) in [7, 11) is 0. The second-order valence-electron chi connectivity index (χ2n) is 4.54. The summed E-state index contributed by atoms with van der Waals surface area (Å²) in [5.74, 6) is -0.998. The number of unbranched alkanes of at least 4 members (excludes halogenated alkanes) is 2. The molecular weight excluding hydrogens is 250 g/mol. The van der Waals surface area contributed by atoms with Crippen molar-refractivity contribution in [3.05, 3.63) is 28.8 Å². The zero-order valence-electron chi connectivity index (χ0n) is 10.9. The summed E-state index contributed by atoms with van der Waals surface area (Å²) in [5, 5.41) is 12.5. The summed E-state index contributed by atoms with van der Waals surface area (Å²) in [5.41, 5.74) is 1.01. The van der Waals surface area contributed by atoms with E-state index in [0.29, 0.717) is 6.04 Å². The Bertz CT molecular complexity index is 407. The van der Waals surface area contributed by atoms with Crippen molar-refractivity contribution < 1.29 is 9.90 Å². The second kappa shape index (κ2) is 7.27. The summed E-state index contributed by atoms with van der Waals surface area (Å²) in [6, 6.07) is 5.32. The van der Waals surface area contributed by atoms with E-state index >= 15 is 0 Å². The number of carboxylic acids is 1. The predicted molar refractivity (Wildman–Crippen MR) is 75.6 cm³/mol. The molecule has 0 bridgehead atoms. The fourth-order valence-corrected chi connectivity index (χ4v) is 2.10. The van der Waals surface area contributed by atoms with Gasteiger partial charge in [-0.3, -0.25) is 0 Å². The van der Waals surface area contributed by atoms with Gasteiger partial charge in [-0.05, 0) is 31.5 Å². The van der Waals surface area contributed by atoms with E-state index in [9.17, 15) is 4.79 Å². The lowest BCUT2D eigenvalue weighted by atomic mass is 10.1. The van der Waals surface area contributed by atoms with Crippen LogP contribution in [-0.4, -0.2) is 17.1 Å². The number of hydrogen-bond donors (Lipinski definition) is 2. The van der Waals surface area contributed by atoms with E-state index in [-0.39, 0.29) is 10.6 Å². The predicted octanol–water partition coefficient (Wildman–Crippen LogP) is 4.42. The Morgan fingerprint density at radius 1 is 1.44 bits per heavy atom. The minimum Gasteiger partial charge on any atom is -0.478 e. The van der Waals surface area contributed by atoms with Crippen molar-refractivity contribution in [1.82, 2.24) is 0 Å². The van der Waals surface area contributed by atoms with Crippen LogP contribution >= 0.6 is 11.6 Å². The Morgan fingerprint density at radius 3 is 2.72 bits per heavy atom. The van der Waals surface area contributed by atoms with Crippen molar-refractivity contribution in [2.75, 3.05) is 5.32 Å². The van der Waals surface area contributed by atoms with Gasteiger partial charge < -0.3 is 10.4 Å². The summed E-state index contributed by atoms with van der Waals surface area (Å²) < 4.78 is 0. The van der Waals surface area contributed by atoms with E-state index in [1.807, 2.05) is 0 Å². The van der Waals surface area contributed by atoms with Gasteiger partial charge in [-0.25, -0.2) is 4.79 Å². The van der Waals surface area contributed by atoms with E-state index in [0.717, 1.165) is 12.1 Å². The van der Waals surface area contributed by atoms with Crippen LogP contribution in [0.25, 0.3) is 0 Å². The highest BCUT2D eigenvalue weighted by Gasteiger charge is 2.09. The molecule has 0 spiro atoms. The number of aromatic carboxylic acids is 1. The molecule has 1 atom stereocenters. The fraction of sp³-hybridized carbons (Fsp3) is 0.500. The zero-order valence-corrected chi connectivity index (χ0v) is 11.6. The maximum atomic E-state index is 10.8. The maximum absolute atomic E-state index is 10.8. The standard InChI is InChI=1S/C14H20ClNO2/c1-3-4-5-6-10(2)16-11-7-8-12(14(17)18)13(15)9-11/h7-10,16H,3-6H2,1-2H3,(H,17,18). The molecule has 1 aromatic carbocycles. The van der Waals surface area contributed by atoms with Gasteiger partial charge in [0.25, 0.3) is 0 Å². The average Bonchev–Trinajstić information content (AvgIpc) is 2.28. The van der Waals surface area contributed by atoms with Gasteiger partial charge in [-0.15, -0.1) is 0 Å². The molecule has 0 saturated carbocycles. The number of halogens is 1. The summed E-state index contributed by atoms with van der Waals surface area (Å²) >= 11 is 5.91. The minimum absolute atomic E-state index is 0.140. The molecule has 4 heteroatoms. The first-order valence-electron chi connectivity index (χ1n) is 6.34. The molecule has 1 aromatic rings. The SMILES string of the molecule is CCCCCC(C)Nc1ccc(C(=O)O)c(Cl)c1. The number of rotatable bonds is 7. The van der Waals surface area contributed by atoms with Gasteiger partial charge in [0.15, 0.2) is 0 Å². The monoisotopic (exact) mass is 269 g/mol. The number of hydrogen-bond acceptors (Lipinski definition) is 2. The van der Waals surface area contributed by atoms with Crippen molar-refractivity contribution in [3.8, 4) is 0 Å². The van der Waals surface area contributed by atoms with Crippen LogP contribution in [0, 0.1) is 0 Å². The van der Waals surface area contributed by atoms with Gasteiger partial charge in [-0.2, -0.15) is 0 Å². The molecule has 3 nitrogen and oxygen atoms in total. The van der Waals surface area contributed by atoms with Gasteiger partial charge in [0.1, 0.15) is 0 Å². The number of carbonyl (C=O) groups is 1. The van der Waals surface area contributed by atoms with Gasteiger partial charge in [-0.1, -0.05) is 37.8 Å². The molecule has 0 amide bonds. The summed E-state index contributed by atoms with van der Waals surface area (Å²) in [6.45, 7) is 4.30. The van der Waals surface area contributed by atoms with Crippen molar-refractivity contribution in [2.45, 2.75) is 45.6 Å². The zero-order chi connectivity index (χ0) is 13.5. The number of nitrogens with one attached hydrogen (secondary N) is 1. The fourth-order valence-electron chi connectivity index (χ4n) is 1.84. The van der Waals surface area contributed by atoms with Gasteiger partial charge in [0.05, 0.1) is 10.6 Å². The lowest BCUT2D eigenvalue weighted by Gasteiger charge is -2.15. The third-order valence-corrected chi connectivity index (χ3v) is 3.17. The third kappa shape index (κ3) is 4.57. The molecule has 0 aliphatic carbocycles. The smallest absolute Gasteiger partial charge is 0.337 e. The van der Waals surface area contributed by atoms with Crippen molar-refractivity contribution in [2.24, 2.45) is 0 Å². The van der Waals surface area contributed by atoms with Crippen LogP contribution in [0.1, 0.15) is 49.9 Å². The summed E-state index contributed by atoms with van der Waals surface area (Å²) in [6.07, 6.45) is 4.76. The van der Waals surface area contributed by atoms with Crippen LogP contribution in [0.15, 0.2) is 18.2 Å². The van der Waals surface area contributed by atoms with E-state index in [1.54, 1.807) is 12.1 Å². The molecule has 0 aliphatic heterocycles. The Labute approximate surface area is 113 Å². The molecule has 1 unspecified atom stereocenters. The maximum Gasteiger partial charge on any atom is 0.337 e. The van der Waals surface area contributed by atoms with Crippen LogP contribution in [0.2, 0.25) is 5.02 Å². The van der Waals surface area contributed by atoms with E-state index in [2.05, 4.69) is 19.2 Å². The van der Waals surface area contributed by atoms with Crippen LogP contribution in [0.3, 0.4) is 0 Å². The molecule has 18 heavy (non-hydrogen) atoms. The molecule has 1 rings (SSSR count). The van der Waals surface area contributed by atoms with E-state index in [4.69, 9.17) is 16.7 Å². The molecule has 100 valence electrons. The molecule has 0 aliphatic rings. The number of carboxylic acid groups (broad SMARTS) is 1. The minimum atomic E-state index is -0.998. The Kier molecular flexibility index (Phi) is 5.99. The van der Waals surface area contributed by atoms with Crippen LogP contribution < -0.4 is 5.32 Å². The van der Waals surface area contributed by atoms with Gasteiger partial charge in [0, 0.05) is 11.7 Å². The lowest BCUT2D eigenvalue weighted by Crippen LogP contribution is -2.15. The number of anilines is 1. The quantitative estimate of drug-likeness (QED) is 0.721. The Morgan fingerprint density at radius 2 is 2.17 bits per heavy atom. The highest BCUT2D eigenvalue weighted by atomic mass is 35.5. The van der Waals surface area contributed by atoms with Crippen LogP contribution in [0.4, 0.5) is 5.69 Å². The normalized spacial score (nSPS) is 12.2. The van der Waals surface area contributed by atoms with Gasteiger partial charge in [0.2, 0.25) is 0 Å². The topological polar surface area (TPSA) is 49.3 Å². The molecule has 0 heterocycles. The largest absolute Gasteiger partial charge is 0.478 e. The Hall–Kier alpha value is -1.22. The first-order valence-corrected chi connectivity index (χ1v) is 6.71. The first-order chi connectivity index (χ1) is 8.54. The first kappa shape index (κ1) is 14.8. The Balaban J connectivity index is 2.57. The van der Waals surface area contributed by atoms with Crippen LogP contribution in [-0.2, 0) is 0 Å². The number of benzene rings is 1. The molecule has 0 aromatic heterocycles. The molecular formula is C14H20ClNO2. The van der Waals surface area contributed by atoms with Crippen molar-refractivity contribution in [1.29, 1.82) is 0 Å². The highest BCUT2D eigenvalue weighted by molar-refractivity contribution is 6.33. The lowest BCUT2D eigenvalue weighted by molar-refractivity contribution is 0.0697. The third-order valence-electron chi connectivity index (χ3n) is 2.85. The summed E-state index contributed by atoms with van der Waals surface area (Å²) in [4.78, 5) is 10.8. The second-order valence-corrected chi connectivity index (χ2v) is 4.95. The molecule has 0 saturated heterocycles. The van der Waals surface area contributed by atoms with Crippen LogP contribution in [0.5, 0.6) is 0 Å².